The van der Waals surface area contributed by atoms with E-state index >= 15 is 0 Å². The van der Waals surface area contributed by atoms with Crippen molar-refractivity contribution < 1.29 is 9.53 Å². The summed E-state index contributed by atoms with van der Waals surface area (Å²) in [4.78, 5) is 41.1. The maximum absolute atomic E-state index is 12.4. The molecule has 39 heavy (non-hydrogen) atoms. The molecule has 1 aliphatic carbocycles. The van der Waals surface area contributed by atoms with Crippen LogP contribution in [0.2, 0.25) is 0 Å². The Balaban J connectivity index is 1.27. The van der Waals surface area contributed by atoms with Crippen LogP contribution in [0.5, 0.6) is 0 Å². The number of benzene rings is 2. The summed E-state index contributed by atoms with van der Waals surface area (Å²) in [5.74, 6) is 0.778. The monoisotopic (exact) mass is 530 g/mol. The number of aryl methyl sites for hydroxylation is 2. The van der Waals surface area contributed by atoms with Crippen LogP contribution in [-0.4, -0.2) is 59.8 Å². The largest absolute Gasteiger partial charge is 0.469 e. The molecule has 2 heterocycles. The number of esters is 1. The van der Waals surface area contributed by atoms with Crippen LogP contribution in [0, 0.1) is 0 Å². The van der Waals surface area contributed by atoms with E-state index in [4.69, 9.17) is 4.74 Å². The molecule has 1 atom stereocenters. The Morgan fingerprint density at radius 3 is 2.36 bits per heavy atom. The van der Waals surface area contributed by atoms with Gasteiger partial charge in [-0.05, 0) is 60.0 Å². The molecule has 0 saturated carbocycles. The van der Waals surface area contributed by atoms with Crippen molar-refractivity contribution in [3.63, 3.8) is 0 Å². The molecule has 0 bridgehead atoms. The van der Waals surface area contributed by atoms with Gasteiger partial charge in [-0.2, -0.15) is 0 Å². The first-order valence-electron chi connectivity index (χ1n) is 13.9. The summed E-state index contributed by atoms with van der Waals surface area (Å²) in [6, 6.07) is 16.9. The van der Waals surface area contributed by atoms with Gasteiger partial charge in [0, 0.05) is 52.3 Å². The summed E-state index contributed by atoms with van der Waals surface area (Å²) in [7, 11) is 4.67. The van der Waals surface area contributed by atoms with Gasteiger partial charge >= 0.3 is 11.7 Å². The third kappa shape index (κ3) is 5.71. The number of piperazine rings is 1. The zero-order valence-electron chi connectivity index (χ0n) is 23.2. The molecule has 1 aliphatic heterocycles. The van der Waals surface area contributed by atoms with Gasteiger partial charge in [0.05, 0.1) is 13.5 Å². The average molecular weight is 531 g/mol. The number of carbonyl (C=O) groups is 1. The highest BCUT2D eigenvalue weighted by Gasteiger charge is 2.25. The molecule has 1 saturated heterocycles. The van der Waals surface area contributed by atoms with Crippen LogP contribution in [0.25, 0.3) is 0 Å². The van der Waals surface area contributed by atoms with Gasteiger partial charge in [0.2, 0.25) is 0 Å². The van der Waals surface area contributed by atoms with Crippen molar-refractivity contribution in [1.82, 2.24) is 14.0 Å². The molecule has 0 amide bonds. The lowest BCUT2D eigenvalue weighted by atomic mass is 9.83. The van der Waals surface area contributed by atoms with Crippen LogP contribution in [0.4, 0.5) is 5.82 Å². The molecule has 2 aliphatic rings. The molecular formula is C31H38N4O4. The maximum atomic E-state index is 12.4. The van der Waals surface area contributed by atoms with Gasteiger partial charge in [-0.25, -0.2) is 4.79 Å². The fourth-order valence-electron chi connectivity index (χ4n) is 6.14. The number of anilines is 1. The molecule has 3 aromatic rings. The van der Waals surface area contributed by atoms with Gasteiger partial charge < -0.3 is 9.64 Å². The number of ether oxygens (including phenoxy) is 1. The van der Waals surface area contributed by atoms with E-state index in [1.807, 2.05) is 0 Å². The molecule has 1 fully saturated rings. The summed E-state index contributed by atoms with van der Waals surface area (Å²) in [6.45, 7) is 4.35. The van der Waals surface area contributed by atoms with Crippen molar-refractivity contribution in [3.05, 3.63) is 97.2 Å². The first-order chi connectivity index (χ1) is 18.9. The summed E-state index contributed by atoms with van der Waals surface area (Å²) >= 11 is 0. The molecule has 5 rings (SSSR count). The van der Waals surface area contributed by atoms with Crippen LogP contribution in [0.1, 0.15) is 46.6 Å². The van der Waals surface area contributed by atoms with Crippen molar-refractivity contribution in [2.24, 2.45) is 14.1 Å². The van der Waals surface area contributed by atoms with Gasteiger partial charge in [-0.3, -0.25) is 23.6 Å². The molecule has 8 heteroatoms. The predicted octanol–water partition coefficient (Wildman–Crippen LogP) is 2.63. The first-order valence-corrected chi connectivity index (χ1v) is 13.9. The Kier molecular flexibility index (Phi) is 8.02. The molecule has 0 radical (unpaired) electrons. The van der Waals surface area contributed by atoms with Gasteiger partial charge in [0.15, 0.2) is 0 Å². The minimum absolute atomic E-state index is 0.212. The molecule has 8 nitrogen and oxygen atoms in total. The predicted molar refractivity (Wildman–Crippen MR) is 153 cm³/mol. The van der Waals surface area contributed by atoms with E-state index in [0.717, 1.165) is 68.5 Å². The fraction of sp³-hybridized carbons (Fsp3) is 0.452. The van der Waals surface area contributed by atoms with Gasteiger partial charge in [0.25, 0.3) is 5.56 Å². The van der Waals surface area contributed by atoms with Crippen LogP contribution in [0.15, 0.2) is 58.1 Å². The molecule has 2 aromatic carbocycles. The van der Waals surface area contributed by atoms with E-state index < -0.39 is 0 Å². The summed E-state index contributed by atoms with van der Waals surface area (Å²) in [5, 5.41) is 0. The van der Waals surface area contributed by atoms with Crippen molar-refractivity contribution in [2.45, 2.75) is 38.0 Å². The van der Waals surface area contributed by atoms with E-state index in [2.05, 4.69) is 52.3 Å². The van der Waals surface area contributed by atoms with Crippen molar-refractivity contribution in [3.8, 4) is 0 Å². The van der Waals surface area contributed by atoms with Crippen LogP contribution >= 0.6 is 0 Å². The second-order valence-corrected chi connectivity index (χ2v) is 10.7. The Hall–Kier alpha value is -3.65. The minimum Gasteiger partial charge on any atom is -0.469 e. The van der Waals surface area contributed by atoms with Crippen molar-refractivity contribution >= 4 is 11.8 Å². The van der Waals surface area contributed by atoms with Crippen LogP contribution in [-0.2, 0) is 42.9 Å². The molecule has 206 valence electrons. The maximum Gasteiger partial charge on any atom is 0.332 e. The zero-order valence-corrected chi connectivity index (χ0v) is 23.2. The Bertz CT molecular complexity index is 1470. The number of carbonyl (C=O) groups excluding carboxylic acids is 1. The number of aromatic nitrogens is 2. The van der Waals surface area contributed by atoms with E-state index in [1.54, 1.807) is 17.7 Å². The number of hydrogen-bond donors (Lipinski definition) is 0. The highest BCUT2D eigenvalue weighted by Crippen LogP contribution is 2.38. The number of hydrogen-bond acceptors (Lipinski definition) is 6. The lowest BCUT2D eigenvalue weighted by Crippen LogP contribution is -2.49. The number of rotatable bonds is 7. The number of fused-ring (bicyclic) bond motifs is 2. The highest BCUT2D eigenvalue weighted by molar-refractivity contribution is 5.72. The topological polar surface area (TPSA) is 76.8 Å². The van der Waals surface area contributed by atoms with Gasteiger partial charge in [-0.15, -0.1) is 0 Å². The second-order valence-electron chi connectivity index (χ2n) is 10.7. The van der Waals surface area contributed by atoms with E-state index in [9.17, 15) is 14.4 Å². The molecule has 1 unspecified atom stereocenters. The minimum atomic E-state index is -0.293. The van der Waals surface area contributed by atoms with Crippen LogP contribution in [0.3, 0.4) is 0 Å². The van der Waals surface area contributed by atoms with E-state index in [1.165, 1.54) is 36.4 Å². The molecule has 1 aromatic heterocycles. The zero-order chi connectivity index (χ0) is 27.5. The van der Waals surface area contributed by atoms with Crippen LogP contribution < -0.4 is 16.1 Å². The van der Waals surface area contributed by atoms with Crippen molar-refractivity contribution in [1.29, 1.82) is 0 Å². The van der Waals surface area contributed by atoms with E-state index in [-0.39, 0.29) is 17.2 Å². The normalized spacial score (nSPS) is 17.3. The Morgan fingerprint density at radius 1 is 0.897 bits per heavy atom. The third-order valence-electron chi connectivity index (χ3n) is 8.42. The lowest BCUT2D eigenvalue weighted by molar-refractivity contribution is -0.139. The SMILES string of the molecule is COC(=O)Cc1ccc2c(c1)C(CCCN1CCN(c3cc(=O)n(C)c(=O)n3C)CC1)c1ccccc1CC2. The second kappa shape index (κ2) is 11.6. The summed E-state index contributed by atoms with van der Waals surface area (Å²) < 4.78 is 7.62. The Labute approximate surface area is 229 Å². The number of methoxy groups -OCH3 is 1. The number of nitrogens with zero attached hydrogens (tertiary/aromatic N) is 4. The summed E-state index contributed by atoms with van der Waals surface area (Å²) in [6.07, 6.45) is 4.43. The third-order valence-corrected chi connectivity index (χ3v) is 8.42. The first kappa shape index (κ1) is 26.9. The quantitative estimate of drug-likeness (QED) is 0.437. The lowest BCUT2D eigenvalue weighted by Gasteiger charge is -2.36. The molecular weight excluding hydrogens is 492 g/mol. The smallest absolute Gasteiger partial charge is 0.332 e. The van der Waals surface area contributed by atoms with Gasteiger partial charge in [-0.1, -0.05) is 42.5 Å². The molecule has 0 spiro atoms. The highest BCUT2D eigenvalue weighted by atomic mass is 16.5. The van der Waals surface area contributed by atoms with Gasteiger partial charge in [0.1, 0.15) is 5.82 Å². The molecule has 0 N–H and O–H groups in total. The average Bonchev–Trinajstić information content (AvgIpc) is 3.11. The summed E-state index contributed by atoms with van der Waals surface area (Å²) in [5.41, 5.74) is 5.99. The van der Waals surface area contributed by atoms with Crippen molar-refractivity contribution in [2.75, 3.05) is 44.7 Å². The Morgan fingerprint density at radius 2 is 1.62 bits per heavy atom. The fourth-order valence-corrected chi connectivity index (χ4v) is 6.14. The van der Waals surface area contributed by atoms with E-state index in [0.29, 0.717) is 18.2 Å². The standard InChI is InChI=1S/C31H38N4O4/c1-32-28(21-29(36)33(2)31(32)38)35-17-15-34(16-18-35)14-6-9-26-25-8-5-4-7-23(25)12-13-24-11-10-22(19-27(24)26)20-30(37)39-3/h4-5,7-8,10-11,19,21,26H,6,9,12-18,20H2,1-3H3.